The van der Waals surface area contributed by atoms with Gasteiger partial charge in [-0.25, -0.2) is 4.79 Å². The highest BCUT2D eigenvalue weighted by molar-refractivity contribution is 5.95. The van der Waals surface area contributed by atoms with Crippen molar-refractivity contribution in [2.24, 2.45) is 0 Å². The van der Waals surface area contributed by atoms with Gasteiger partial charge in [-0.05, 0) is 47.4 Å². The lowest BCUT2D eigenvalue weighted by molar-refractivity contribution is -0.167. The van der Waals surface area contributed by atoms with E-state index in [1.54, 1.807) is 12.1 Å². The SMILES string of the molecule is COc1cc(C(=O)O)ccc1CC1C=Cc2ccc(NC(=O)C(F)(F)F)cc21. The number of carboxylic acid groups (broad SMARTS) is 1. The first-order chi connectivity index (χ1) is 13.2. The van der Waals surface area contributed by atoms with Gasteiger partial charge >= 0.3 is 18.1 Å². The molecule has 8 heteroatoms. The highest BCUT2D eigenvalue weighted by Crippen LogP contribution is 2.36. The first-order valence-corrected chi connectivity index (χ1v) is 8.29. The van der Waals surface area contributed by atoms with Gasteiger partial charge in [0.1, 0.15) is 5.75 Å². The fourth-order valence-electron chi connectivity index (χ4n) is 3.11. The van der Waals surface area contributed by atoms with Crippen LogP contribution in [0.1, 0.15) is 33.0 Å². The number of methoxy groups -OCH3 is 1. The molecule has 1 atom stereocenters. The van der Waals surface area contributed by atoms with Crippen LogP contribution in [-0.2, 0) is 11.2 Å². The summed E-state index contributed by atoms with van der Waals surface area (Å²) in [5.74, 6) is -2.83. The Balaban J connectivity index is 1.84. The fraction of sp³-hybridized carbons (Fsp3) is 0.200. The van der Waals surface area contributed by atoms with Gasteiger partial charge in [0, 0.05) is 11.6 Å². The summed E-state index contributed by atoms with van der Waals surface area (Å²) in [6.07, 6.45) is -0.739. The summed E-state index contributed by atoms with van der Waals surface area (Å²) in [4.78, 5) is 22.3. The van der Waals surface area contributed by atoms with Crippen LogP contribution in [-0.4, -0.2) is 30.3 Å². The minimum absolute atomic E-state index is 0.0583. The molecule has 5 nitrogen and oxygen atoms in total. The van der Waals surface area contributed by atoms with Crippen molar-refractivity contribution in [3.8, 4) is 5.75 Å². The summed E-state index contributed by atoms with van der Waals surface area (Å²) in [5.41, 5.74) is 2.53. The predicted molar refractivity (Wildman–Crippen MR) is 96.6 cm³/mol. The number of anilines is 1. The van der Waals surface area contributed by atoms with Crippen LogP contribution in [0.15, 0.2) is 42.5 Å². The summed E-state index contributed by atoms with van der Waals surface area (Å²) in [7, 11) is 1.44. The number of hydrogen-bond donors (Lipinski definition) is 2. The fourth-order valence-corrected chi connectivity index (χ4v) is 3.11. The van der Waals surface area contributed by atoms with Crippen LogP contribution in [0.2, 0.25) is 0 Å². The largest absolute Gasteiger partial charge is 0.496 e. The minimum Gasteiger partial charge on any atom is -0.496 e. The second-order valence-electron chi connectivity index (χ2n) is 6.30. The minimum atomic E-state index is -4.96. The number of alkyl halides is 3. The van der Waals surface area contributed by atoms with E-state index in [1.807, 2.05) is 17.5 Å². The summed E-state index contributed by atoms with van der Waals surface area (Å²) in [6, 6.07) is 9.13. The van der Waals surface area contributed by atoms with Crippen LogP contribution in [0.25, 0.3) is 6.08 Å². The topological polar surface area (TPSA) is 75.6 Å². The lowest BCUT2D eigenvalue weighted by Gasteiger charge is -2.16. The zero-order valence-corrected chi connectivity index (χ0v) is 14.7. The van der Waals surface area contributed by atoms with Gasteiger partial charge in [0.05, 0.1) is 12.7 Å². The Hall–Kier alpha value is -3.29. The smallest absolute Gasteiger partial charge is 0.471 e. The van der Waals surface area contributed by atoms with Gasteiger partial charge in [0.25, 0.3) is 0 Å². The number of allylic oxidation sites excluding steroid dienone is 1. The van der Waals surface area contributed by atoms with Gasteiger partial charge in [-0.15, -0.1) is 0 Å². The average molecular weight is 391 g/mol. The number of carbonyl (C=O) groups is 2. The Morgan fingerprint density at radius 3 is 2.57 bits per heavy atom. The lowest BCUT2D eigenvalue weighted by Crippen LogP contribution is -2.29. The van der Waals surface area contributed by atoms with Crippen LogP contribution in [0.4, 0.5) is 18.9 Å². The Labute approximate surface area is 158 Å². The standard InChI is InChI=1S/C20H16F3NO4/c1-28-17-9-14(18(25)26)5-4-13(17)8-12-3-2-11-6-7-15(10-16(11)12)24-19(27)20(21,22)23/h2-7,9-10,12H,8H2,1H3,(H,24,27)(H,25,26). The molecular weight excluding hydrogens is 375 g/mol. The van der Waals surface area contributed by atoms with E-state index in [-0.39, 0.29) is 17.2 Å². The average Bonchev–Trinajstić information content (AvgIpc) is 3.03. The number of hydrogen-bond acceptors (Lipinski definition) is 3. The molecule has 146 valence electrons. The zero-order chi connectivity index (χ0) is 20.5. The summed E-state index contributed by atoms with van der Waals surface area (Å²) >= 11 is 0. The number of halogens is 3. The van der Waals surface area contributed by atoms with Gasteiger partial charge in [-0.1, -0.05) is 24.3 Å². The first-order valence-electron chi connectivity index (χ1n) is 8.29. The van der Waals surface area contributed by atoms with E-state index in [2.05, 4.69) is 0 Å². The third kappa shape index (κ3) is 4.00. The van der Waals surface area contributed by atoms with E-state index in [0.29, 0.717) is 12.2 Å². The maximum atomic E-state index is 12.5. The number of fused-ring (bicyclic) bond motifs is 1. The zero-order valence-electron chi connectivity index (χ0n) is 14.7. The van der Waals surface area contributed by atoms with Crippen molar-refractivity contribution in [1.29, 1.82) is 0 Å². The molecule has 0 spiro atoms. The molecular formula is C20H16F3NO4. The number of nitrogens with one attached hydrogen (secondary N) is 1. The monoisotopic (exact) mass is 391 g/mol. The Morgan fingerprint density at radius 2 is 1.93 bits per heavy atom. The summed E-state index contributed by atoms with van der Waals surface area (Å²) in [6.45, 7) is 0. The molecule has 0 fully saturated rings. The molecule has 0 heterocycles. The molecule has 1 unspecified atom stereocenters. The van der Waals surface area contributed by atoms with Gasteiger partial charge in [0.2, 0.25) is 0 Å². The molecule has 2 aromatic rings. The maximum absolute atomic E-state index is 12.5. The van der Waals surface area contributed by atoms with E-state index in [1.165, 1.54) is 31.4 Å². The van der Waals surface area contributed by atoms with Crippen LogP contribution in [0, 0.1) is 0 Å². The molecule has 2 N–H and O–H groups in total. The number of ether oxygens (including phenoxy) is 1. The van der Waals surface area contributed by atoms with E-state index in [9.17, 15) is 22.8 Å². The van der Waals surface area contributed by atoms with Crippen molar-refractivity contribution >= 4 is 23.6 Å². The maximum Gasteiger partial charge on any atom is 0.471 e. The highest BCUT2D eigenvalue weighted by Gasteiger charge is 2.38. The number of amides is 1. The van der Waals surface area contributed by atoms with Gasteiger partial charge in [-0.3, -0.25) is 4.79 Å². The molecule has 3 rings (SSSR count). The first kappa shape index (κ1) is 19.5. The van der Waals surface area contributed by atoms with Gasteiger partial charge < -0.3 is 15.2 Å². The quantitative estimate of drug-likeness (QED) is 0.799. The van der Waals surface area contributed by atoms with E-state index in [4.69, 9.17) is 9.84 Å². The van der Waals surface area contributed by atoms with Crippen molar-refractivity contribution in [3.05, 3.63) is 64.7 Å². The molecule has 0 saturated carbocycles. The van der Waals surface area contributed by atoms with Crippen LogP contribution < -0.4 is 10.1 Å². The molecule has 1 aliphatic rings. The molecule has 1 amide bonds. The van der Waals surface area contributed by atoms with Crippen molar-refractivity contribution in [1.82, 2.24) is 0 Å². The number of carbonyl (C=O) groups excluding carboxylic acids is 1. The lowest BCUT2D eigenvalue weighted by atomic mass is 9.92. The predicted octanol–water partition coefficient (Wildman–Crippen LogP) is 4.25. The Bertz CT molecular complexity index is 966. The van der Waals surface area contributed by atoms with Crippen LogP contribution >= 0.6 is 0 Å². The molecule has 2 aromatic carbocycles. The molecule has 1 aliphatic carbocycles. The number of benzene rings is 2. The molecule has 28 heavy (non-hydrogen) atoms. The molecule has 0 aliphatic heterocycles. The van der Waals surface area contributed by atoms with Crippen LogP contribution in [0.5, 0.6) is 5.75 Å². The van der Waals surface area contributed by atoms with E-state index in [0.717, 1.165) is 16.7 Å². The van der Waals surface area contributed by atoms with Crippen molar-refractivity contribution in [2.75, 3.05) is 12.4 Å². The third-order valence-corrected chi connectivity index (χ3v) is 4.48. The second-order valence-corrected chi connectivity index (χ2v) is 6.30. The summed E-state index contributed by atoms with van der Waals surface area (Å²) < 4.78 is 42.7. The number of aromatic carboxylic acids is 1. The van der Waals surface area contributed by atoms with Gasteiger partial charge in [-0.2, -0.15) is 13.2 Å². The summed E-state index contributed by atoms with van der Waals surface area (Å²) in [5, 5.41) is 10.9. The highest BCUT2D eigenvalue weighted by atomic mass is 19.4. The van der Waals surface area contributed by atoms with Crippen molar-refractivity contribution in [3.63, 3.8) is 0 Å². The van der Waals surface area contributed by atoms with E-state index < -0.39 is 18.1 Å². The normalized spacial score (nSPS) is 15.2. The number of rotatable bonds is 5. The van der Waals surface area contributed by atoms with Gasteiger partial charge in [0.15, 0.2) is 0 Å². The molecule has 0 radical (unpaired) electrons. The Kier molecular flexibility index (Phi) is 5.13. The van der Waals surface area contributed by atoms with E-state index >= 15 is 0 Å². The molecule has 0 bridgehead atoms. The van der Waals surface area contributed by atoms with Crippen molar-refractivity contribution in [2.45, 2.75) is 18.5 Å². The third-order valence-electron chi connectivity index (χ3n) is 4.48. The van der Waals surface area contributed by atoms with Crippen molar-refractivity contribution < 1.29 is 32.6 Å². The van der Waals surface area contributed by atoms with Crippen LogP contribution in [0.3, 0.4) is 0 Å². The second kappa shape index (κ2) is 7.38. The molecule has 0 aromatic heterocycles. The Morgan fingerprint density at radius 1 is 1.18 bits per heavy atom. The molecule has 0 saturated heterocycles. The number of carboxylic acids is 1.